The van der Waals surface area contributed by atoms with Crippen LogP contribution in [-0.4, -0.2) is 5.78 Å². The molecule has 0 bridgehead atoms. The quantitative estimate of drug-likeness (QED) is 0.243. The first-order valence-electron chi connectivity index (χ1n) is 9.68. The summed E-state index contributed by atoms with van der Waals surface area (Å²) in [5.41, 5.74) is 2.95. The van der Waals surface area contributed by atoms with Crippen LogP contribution in [0.5, 0.6) is 0 Å². The van der Waals surface area contributed by atoms with Gasteiger partial charge in [-0.25, -0.2) is 4.79 Å². The molecule has 0 radical (unpaired) electrons. The highest BCUT2D eigenvalue weighted by Gasteiger charge is 2.24. The number of unbranched alkanes of at least 4 members (excludes halogenated alkanes) is 2. The minimum Gasteiger partial charge on any atom is -0.452 e. The van der Waals surface area contributed by atoms with Crippen LogP contribution in [0.2, 0.25) is 0 Å². The lowest BCUT2D eigenvalue weighted by Gasteiger charge is -2.05. The van der Waals surface area contributed by atoms with Crippen LogP contribution in [-0.2, 0) is 6.42 Å². The fourth-order valence-corrected chi connectivity index (χ4v) is 3.72. The Morgan fingerprint density at radius 1 is 1.00 bits per heavy atom. The van der Waals surface area contributed by atoms with Crippen molar-refractivity contribution in [2.45, 2.75) is 39.5 Å². The van der Waals surface area contributed by atoms with Crippen LogP contribution in [0.25, 0.3) is 21.9 Å². The number of ketones is 1. The summed E-state index contributed by atoms with van der Waals surface area (Å²) in [5.74, 6) is 0.195. The van der Waals surface area contributed by atoms with E-state index >= 15 is 0 Å². The Balaban J connectivity index is 1.99. The van der Waals surface area contributed by atoms with Crippen molar-refractivity contribution in [2.75, 3.05) is 0 Å². The van der Waals surface area contributed by atoms with Crippen LogP contribution in [0.15, 0.2) is 62.2 Å². The lowest BCUT2D eigenvalue weighted by molar-refractivity contribution is 0.101. The molecule has 0 aliphatic rings. The summed E-state index contributed by atoms with van der Waals surface area (Å²) in [6.45, 7) is 4.03. The van der Waals surface area contributed by atoms with E-state index in [1.807, 2.05) is 37.3 Å². The van der Waals surface area contributed by atoms with E-state index in [9.17, 15) is 9.59 Å². The number of aryl methyl sites for hydroxylation is 2. The first-order valence-corrected chi connectivity index (χ1v) is 9.68. The van der Waals surface area contributed by atoms with E-state index in [0.717, 1.165) is 41.2 Å². The molecule has 4 rings (SSSR count). The van der Waals surface area contributed by atoms with E-state index in [2.05, 4.69) is 6.92 Å². The fraction of sp³-hybridized carbons (Fsp3) is 0.250. The zero-order valence-corrected chi connectivity index (χ0v) is 16.1. The maximum Gasteiger partial charge on any atom is 0.336 e. The normalized spacial score (nSPS) is 11.4. The number of fused-ring (bicyclic) bond motifs is 3. The van der Waals surface area contributed by atoms with Gasteiger partial charge in [0.25, 0.3) is 0 Å². The highest BCUT2D eigenvalue weighted by Crippen LogP contribution is 2.35. The Labute approximate surface area is 162 Å². The number of hydrogen-bond donors (Lipinski definition) is 0. The lowest BCUT2D eigenvalue weighted by atomic mass is 9.97. The Morgan fingerprint density at radius 3 is 2.54 bits per heavy atom. The van der Waals surface area contributed by atoms with Crippen molar-refractivity contribution in [1.29, 1.82) is 0 Å². The van der Waals surface area contributed by atoms with Crippen LogP contribution >= 0.6 is 0 Å². The molecular weight excluding hydrogens is 352 g/mol. The van der Waals surface area contributed by atoms with Gasteiger partial charge in [0.1, 0.15) is 11.2 Å². The van der Waals surface area contributed by atoms with Crippen molar-refractivity contribution in [3.05, 3.63) is 81.4 Å². The van der Waals surface area contributed by atoms with E-state index in [1.165, 1.54) is 6.07 Å². The average molecular weight is 374 g/mol. The molecular formula is C24H22O4. The maximum absolute atomic E-state index is 13.2. The molecule has 4 aromatic rings. The van der Waals surface area contributed by atoms with E-state index in [1.54, 1.807) is 12.1 Å². The predicted octanol–water partition coefficient (Wildman–Crippen LogP) is 5.81. The van der Waals surface area contributed by atoms with Gasteiger partial charge < -0.3 is 8.83 Å². The maximum atomic E-state index is 13.2. The zero-order chi connectivity index (χ0) is 19.7. The minimum atomic E-state index is -0.394. The summed E-state index contributed by atoms with van der Waals surface area (Å²) in [6.07, 6.45) is 3.77. The second kappa shape index (κ2) is 7.47. The van der Waals surface area contributed by atoms with Crippen molar-refractivity contribution >= 4 is 27.7 Å². The molecule has 0 saturated heterocycles. The van der Waals surface area contributed by atoms with Crippen LogP contribution in [0, 0.1) is 6.92 Å². The molecule has 0 fully saturated rings. The van der Waals surface area contributed by atoms with E-state index in [4.69, 9.17) is 8.83 Å². The van der Waals surface area contributed by atoms with Gasteiger partial charge in [-0.05, 0) is 37.5 Å². The molecule has 4 nitrogen and oxygen atoms in total. The van der Waals surface area contributed by atoms with E-state index in [-0.39, 0.29) is 5.78 Å². The highest BCUT2D eigenvalue weighted by atomic mass is 16.4. The fourth-order valence-electron chi connectivity index (χ4n) is 3.72. The number of carbonyl (C=O) groups excluding carboxylic acids is 1. The van der Waals surface area contributed by atoms with Gasteiger partial charge in [0.05, 0.1) is 5.39 Å². The summed E-state index contributed by atoms with van der Waals surface area (Å²) in [4.78, 5) is 25.2. The van der Waals surface area contributed by atoms with E-state index < -0.39 is 5.63 Å². The topological polar surface area (TPSA) is 60.4 Å². The number of benzene rings is 2. The molecule has 0 aliphatic heterocycles. The standard InChI is InChI=1S/C24H22O4/c1-3-4-6-11-18-21-19(13-12-17-15(2)14-20(25)28-23(17)21)27-24(18)22(26)16-9-7-5-8-10-16/h5,7-10,12-14H,3-4,6,11H2,1-2H3. The van der Waals surface area contributed by atoms with Crippen LogP contribution in [0.1, 0.15) is 53.4 Å². The third-order valence-electron chi connectivity index (χ3n) is 5.14. The minimum absolute atomic E-state index is 0.147. The second-order valence-electron chi connectivity index (χ2n) is 7.13. The van der Waals surface area contributed by atoms with Gasteiger partial charge in [-0.1, -0.05) is 50.1 Å². The Hall–Kier alpha value is -3.14. The molecule has 2 aromatic heterocycles. The zero-order valence-electron chi connectivity index (χ0n) is 16.1. The predicted molar refractivity (Wildman–Crippen MR) is 110 cm³/mol. The van der Waals surface area contributed by atoms with Gasteiger partial charge in [-0.2, -0.15) is 0 Å². The summed E-state index contributed by atoms with van der Waals surface area (Å²) in [7, 11) is 0. The third kappa shape index (κ3) is 3.15. The van der Waals surface area contributed by atoms with Crippen molar-refractivity contribution in [2.24, 2.45) is 0 Å². The molecule has 0 N–H and O–H groups in total. The number of carbonyl (C=O) groups is 1. The summed E-state index contributed by atoms with van der Waals surface area (Å²) in [5, 5.41) is 1.61. The van der Waals surface area contributed by atoms with Crippen molar-refractivity contribution < 1.29 is 13.6 Å². The molecule has 28 heavy (non-hydrogen) atoms. The van der Waals surface area contributed by atoms with Crippen molar-refractivity contribution in [3.63, 3.8) is 0 Å². The Morgan fingerprint density at radius 2 is 1.79 bits per heavy atom. The Kier molecular flexibility index (Phi) is 4.86. The molecule has 2 aromatic carbocycles. The highest BCUT2D eigenvalue weighted by molar-refractivity contribution is 6.14. The summed E-state index contributed by atoms with van der Waals surface area (Å²) < 4.78 is 11.6. The summed E-state index contributed by atoms with van der Waals surface area (Å²) >= 11 is 0. The van der Waals surface area contributed by atoms with Gasteiger partial charge in [0, 0.05) is 22.6 Å². The molecule has 0 spiro atoms. The number of rotatable bonds is 6. The number of hydrogen-bond acceptors (Lipinski definition) is 4. The molecule has 0 saturated carbocycles. The average Bonchev–Trinajstić information content (AvgIpc) is 3.07. The molecule has 0 atom stereocenters. The van der Waals surface area contributed by atoms with Gasteiger partial charge in [0.15, 0.2) is 5.76 Å². The van der Waals surface area contributed by atoms with Crippen molar-refractivity contribution in [3.8, 4) is 0 Å². The van der Waals surface area contributed by atoms with Crippen LogP contribution < -0.4 is 5.63 Å². The van der Waals surface area contributed by atoms with E-state index in [0.29, 0.717) is 28.9 Å². The molecule has 142 valence electrons. The molecule has 2 heterocycles. The second-order valence-corrected chi connectivity index (χ2v) is 7.13. The van der Waals surface area contributed by atoms with Crippen LogP contribution in [0.3, 0.4) is 0 Å². The lowest BCUT2D eigenvalue weighted by Crippen LogP contribution is -2.03. The smallest absolute Gasteiger partial charge is 0.336 e. The third-order valence-corrected chi connectivity index (χ3v) is 5.14. The molecule has 0 aliphatic carbocycles. The SMILES string of the molecule is CCCCCc1c(C(=O)c2ccccc2)oc2ccc3c(C)cc(=O)oc3c12. The van der Waals surface area contributed by atoms with Gasteiger partial charge >= 0.3 is 5.63 Å². The summed E-state index contributed by atoms with van der Waals surface area (Å²) in [6, 6.07) is 14.3. The first-order chi connectivity index (χ1) is 13.6. The molecule has 0 amide bonds. The van der Waals surface area contributed by atoms with Gasteiger partial charge in [-0.3, -0.25) is 4.79 Å². The molecule has 0 unspecified atom stereocenters. The number of furan rings is 1. The van der Waals surface area contributed by atoms with Crippen molar-refractivity contribution in [1.82, 2.24) is 0 Å². The largest absolute Gasteiger partial charge is 0.452 e. The van der Waals surface area contributed by atoms with Crippen LogP contribution in [0.4, 0.5) is 0 Å². The van der Waals surface area contributed by atoms with Gasteiger partial charge in [0.2, 0.25) is 5.78 Å². The van der Waals surface area contributed by atoms with Gasteiger partial charge in [-0.15, -0.1) is 0 Å². The molecule has 4 heteroatoms. The monoisotopic (exact) mass is 374 g/mol. The first kappa shape index (κ1) is 18.2. The Bertz CT molecular complexity index is 1210.